The molecule has 3 rings (SSSR count). The minimum atomic E-state index is -0.905. The van der Waals surface area contributed by atoms with Crippen LogP contribution in [0.15, 0.2) is 24.7 Å². The largest absolute Gasteiger partial charge is 0.481 e. The second-order valence-corrected chi connectivity index (χ2v) is 6.17. The molecule has 1 aliphatic rings. The fourth-order valence-corrected chi connectivity index (χ4v) is 2.98. The molecule has 2 aromatic heterocycles. The summed E-state index contributed by atoms with van der Waals surface area (Å²) in [6.45, 7) is 3.90. The highest BCUT2D eigenvalue weighted by molar-refractivity contribution is 5.92. The van der Waals surface area contributed by atoms with Gasteiger partial charge < -0.3 is 10.0 Å². The molecule has 2 aromatic rings. The number of amides is 1. The third-order valence-corrected chi connectivity index (χ3v) is 4.30. The zero-order chi connectivity index (χ0) is 17.8. The standard InChI is InChI=1S/C16H22N6O3/c1-19-11-13(10-18-19)12-20-6-8-21(9-7-20)16(25)14-2-4-17-22(14)5-3-15(23)24/h2,4,10-11H,3,5-9,12H2,1H3,(H,23,24). The number of aromatic nitrogens is 4. The topological polar surface area (TPSA) is 96.5 Å². The molecule has 0 aliphatic carbocycles. The highest BCUT2D eigenvalue weighted by Crippen LogP contribution is 2.11. The summed E-state index contributed by atoms with van der Waals surface area (Å²) in [6.07, 6.45) is 5.34. The van der Waals surface area contributed by atoms with E-state index in [-0.39, 0.29) is 18.9 Å². The van der Waals surface area contributed by atoms with E-state index < -0.39 is 5.97 Å². The van der Waals surface area contributed by atoms with Crippen molar-refractivity contribution in [2.75, 3.05) is 26.2 Å². The van der Waals surface area contributed by atoms with Gasteiger partial charge in [0.2, 0.25) is 0 Å². The normalized spacial score (nSPS) is 15.5. The molecule has 25 heavy (non-hydrogen) atoms. The van der Waals surface area contributed by atoms with Gasteiger partial charge in [0.25, 0.3) is 5.91 Å². The average Bonchev–Trinajstić information content (AvgIpc) is 3.22. The first-order valence-corrected chi connectivity index (χ1v) is 8.25. The highest BCUT2D eigenvalue weighted by Gasteiger charge is 2.24. The third-order valence-electron chi connectivity index (χ3n) is 4.30. The van der Waals surface area contributed by atoms with E-state index in [1.54, 1.807) is 15.6 Å². The SMILES string of the molecule is Cn1cc(CN2CCN(C(=O)c3ccnn3CCC(=O)O)CC2)cn1. The van der Waals surface area contributed by atoms with Crippen molar-refractivity contribution >= 4 is 11.9 Å². The van der Waals surface area contributed by atoms with Crippen molar-refractivity contribution in [1.82, 2.24) is 29.4 Å². The maximum Gasteiger partial charge on any atom is 0.305 e. The predicted molar refractivity (Wildman–Crippen MR) is 88.9 cm³/mol. The first-order chi connectivity index (χ1) is 12.0. The smallest absolute Gasteiger partial charge is 0.305 e. The van der Waals surface area contributed by atoms with Crippen LogP contribution in [0.4, 0.5) is 0 Å². The van der Waals surface area contributed by atoms with E-state index in [0.717, 1.165) is 25.2 Å². The van der Waals surface area contributed by atoms with Gasteiger partial charge in [-0.1, -0.05) is 0 Å². The number of hydrogen-bond acceptors (Lipinski definition) is 5. The van der Waals surface area contributed by atoms with E-state index in [1.165, 1.54) is 10.9 Å². The summed E-state index contributed by atoms with van der Waals surface area (Å²) in [7, 11) is 1.90. The molecule has 1 saturated heterocycles. The zero-order valence-electron chi connectivity index (χ0n) is 14.2. The van der Waals surface area contributed by atoms with Gasteiger partial charge in [0.1, 0.15) is 5.69 Å². The van der Waals surface area contributed by atoms with Crippen LogP contribution in [-0.4, -0.2) is 72.5 Å². The van der Waals surface area contributed by atoms with Crippen LogP contribution in [0.2, 0.25) is 0 Å². The van der Waals surface area contributed by atoms with Crippen molar-refractivity contribution in [1.29, 1.82) is 0 Å². The van der Waals surface area contributed by atoms with Crippen LogP contribution in [0.3, 0.4) is 0 Å². The lowest BCUT2D eigenvalue weighted by molar-refractivity contribution is -0.137. The van der Waals surface area contributed by atoms with Crippen molar-refractivity contribution in [3.63, 3.8) is 0 Å². The molecule has 0 saturated carbocycles. The molecule has 134 valence electrons. The molecule has 1 N–H and O–H groups in total. The van der Waals surface area contributed by atoms with Gasteiger partial charge in [-0.15, -0.1) is 0 Å². The van der Waals surface area contributed by atoms with Gasteiger partial charge in [-0.25, -0.2) is 0 Å². The lowest BCUT2D eigenvalue weighted by Gasteiger charge is -2.34. The quantitative estimate of drug-likeness (QED) is 0.794. The number of piperazine rings is 1. The third kappa shape index (κ3) is 4.24. The number of carboxylic acid groups (broad SMARTS) is 1. The van der Waals surface area contributed by atoms with Crippen molar-refractivity contribution in [2.24, 2.45) is 7.05 Å². The number of nitrogens with zero attached hydrogens (tertiary/aromatic N) is 6. The van der Waals surface area contributed by atoms with Gasteiger partial charge in [0.15, 0.2) is 0 Å². The van der Waals surface area contributed by atoms with Crippen LogP contribution in [0.1, 0.15) is 22.5 Å². The summed E-state index contributed by atoms with van der Waals surface area (Å²) >= 11 is 0. The number of aryl methyl sites for hydroxylation is 2. The molecule has 9 nitrogen and oxygen atoms in total. The van der Waals surface area contributed by atoms with Crippen molar-refractivity contribution < 1.29 is 14.7 Å². The van der Waals surface area contributed by atoms with Crippen LogP contribution in [0, 0.1) is 0 Å². The summed E-state index contributed by atoms with van der Waals surface area (Å²) in [4.78, 5) is 27.5. The summed E-state index contributed by atoms with van der Waals surface area (Å²) in [5, 5.41) is 17.0. The summed E-state index contributed by atoms with van der Waals surface area (Å²) in [5.41, 5.74) is 1.61. The summed E-state index contributed by atoms with van der Waals surface area (Å²) in [5.74, 6) is -0.998. The van der Waals surface area contributed by atoms with Crippen LogP contribution >= 0.6 is 0 Å². The second-order valence-electron chi connectivity index (χ2n) is 6.17. The van der Waals surface area contributed by atoms with Crippen molar-refractivity contribution in [3.05, 3.63) is 35.9 Å². The summed E-state index contributed by atoms with van der Waals surface area (Å²) in [6, 6.07) is 1.65. The molecule has 0 spiro atoms. The Morgan fingerprint density at radius 3 is 2.60 bits per heavy atom. The Labute approximate surface area is 145 Å². The predicted octanol–water partition coefficient (Wildman–Crippen LogP) is 0.0493. The minimum Gasteiger partial charge on any atom is -0.481 e. The maximum absolute atomic E-state index is 12.7. The van der Waals surface area contributed by atoms with E-state index in [2.05, 4.69) is 15.1 Å². The van der Waals surface area contributed by atoms with E-state index in [9.17, 15) is 9.59 Å². The fourth-order valence-electron chi connectivity index (χ4n) is 2.98. The fraction of sp³-hybridized carbons (Fsp3) is 0.500. The van der Waals surface area contributed by atoms with E-state index in [4.69, 9.17) is 5.11 Å². The molecule has 1 fully saturated rings. The van der Waals surface area contributed by atoms with Crippen LogP contribution < -0.4 is 0 Å². The number of rotatable bonds is 6. The lowest BCUT2D eigenvalue weighted by atomic mass is 10.2. The molecular formula is C16H22N6O3. The number of carboxylic acids is 1. The van der Waals surface area contributed by atoms with Crippen LogP contribution in [0.5, 0.6) is 0 Å². The molecule has 1 aliphatic heterocycles. The number of aliphatic carboxylic acids is 1. The molecule has 0 atom stereocenters. The molecule has 1 amide bonds. The van der Waals surface area contributed by atoms with E-state index in [1.807, 2.05) is 19.4 Å². The van der Waals surface area contributed by atoms with Gasteiger partial charge in [0.05, 0.1) is 19.2 Å². The van der Waals surface area contributed by atoms with Gasteiger partial charge >= 0.3 is 5.97 Å². The number of carbonyl (C=O) groups is 2. The van der Waals surface area contributed by atoms with Gasteiger partial charge in [0, 0.05) is 57.7 Å². The first-order valence-electron chi connectivity index (χ1n) is 8.25. The molecule has 3 heterocycles. The van der Waals surface area contributed by atoms with E-state index >= 15 is 0 Å². The number of hydrogen-bond donors (Lipinski definition) is 1. The van der Waals surface area contributed by atoms with Crippen molar-refractivity contribution in [3.8, 4) is 0 Å². The monoisotopic (exact) mass is 346 g/mol. The Morgan fingerprint density at radius 1 is 1.20 bits per heavy atom. The van der Waals surface area contributed by atoms with Crippen molar-refractivity contribution in [2.45, 2.75) is 19.5 Å². The number of carbonyl (C=O) groups excluding carboxylic acids is 1. The molecular weight excluding hydrogens is 324 g/mol. The molecule has 0 radical (unpaired) electrons. The minimum absolute atomic E-state index is 0.0547. The zero-order valence-corrected chi connectivity index (χ0v) is 14.2. The van der Waals surface area contributed by atoms with Crippen LogP contribution in [0.25, 0.3) is 0 Å². The van der Waals surface area contributed by atoms with E-state index in [0.29, 0.717) is 18.8 Å². The van der Waals surface area contributed by atoms with Gasteiger partial charge in [-0.3, -0.25) is 23.9 Å². The first kappa shape index (κ1) is 17.2. The molecule has 0 bridgehead atoms. The Morgan fingerprint density at radius 2 is 1.96 bits per heavy atom. The Balaban J connectivity index is 1.55. The highest BCUT2D eigenvalue weighted by atomic mass is 16.4. The lowest BCUT2D eigenvalue weighted by Crippen LogP contribution is -2.48. The molecule has 9 heteroatoms. The maximum atomic E-state index is 12.7. The Hall–Kier alpha value is -2.68. The Kier molecular flexibility index (Phi) is 5.13. The van der Waals surface area contributed by atoms with Crippen LogP contribution in [-0.2, 0) is 24.9 Å². The second kappa shape index (κ2) is 7.47. The van der Waals surface area contributed by atoms with Gasteiger partial charge in [-0.05, 0) is 6.07 Å². The molecule has 0 unspecified atom stereocenters. The average molecular weight is 346 g/mol. The molecule has 0 aromatic carbocycles. The summed E-state index contributed by atoms with van der Waals surface area (Å²) < 4.78 is 3.26. The Bertz CT molecular complexity index is 745. The van der Waals surface area contributed by atoms with Gasteiger partial charge in [-0.2, -0.15) is 10.2 Å².